The summed E-state index contributed by atoms with van der Waals surface area (Å²) >= 11 is 0. The maximum absolute atomic E-state index is 14.0. The van der Waals surface area contributed by atoms with E-state index in [-0.39, 0.29) is 38.0 Å². The number of hydrogen-bond acceptors (Lipinski definition) is 2. The van der Waals surface area contributed by atoms with E-state index in [0.29, 0.717) is 6.54 Å². The second-order valence-electron chi connectivity index (χ2n) is 7.90. The Labute approximate surface area is 141 Å². The van der Waals surface area contributed by atoms with E-state index < -0.39 is 36.4 Å². The highest BCUT2D eigenvalue weighted by molar-refractivity contribution is 4.98. The molecule has 2 nitrogen and oxygen atoms in total. The standard InChI is InChI=1S/C17H29F5N2/c1-11(2)23-7-5-14(17(20,21)22)13(10-23)15-9-16(18,19)6-8-24(15)12(3)4/h11-15H,5-10H2,1-4H3. The summed E-state index contributed by atoms with van der Waals surface area (Å²) in [5.41, 5.74) is 0. The van der Waals surface area contributed by atoms with Gasteiger partial charge < -0.3 is 4.90 Å². The Morgan fingerprint density at radius 3 is 2.12 bits per heavy atom. The molecule has 2 aliphatic heterocycles. The molecule has 0 radical (unpaired) electrons. The van der Waals surface area contributed by atoms with Crippen LogP contribution in [-0.4, -0.2) is 59.7 Å². The number of piperidine rings is 2. The number of rotatable bonds is 3. The van der Waals surface area contributed by atoms with E-state index in [2.05, 4.69) is 0 Å². The average Bonchev–Trinajstić information content (AvgIpc) is 2.44. The van der Waals surface area contributed by atoms with Crippen LogP contribution in [0.4, 0.5) is 22.0 Å². The third kappa shape index (κ3) is 4.40. The fourth-order valence-electron chi connectivity index (χ4n) is 4.30. The van der Waals surface area contributed by atoms with E-state index in [4.69, 9.17) is 0 Å². The predicted molar refractivity (Wildman–Crippen MR) is 84.2 cm³/mol. The Hall–Kier alpha value is -0.430. The van der Waals surface area contributed by atoms with Gasteiger partial charge in [0.25, 0.3) is 5.92 Å². The van der Waals surface area contributed by atoms with Gasteiger partial charge in [-0.2, -0.15) is 13.2 Å². The monoisotopic (exact) mass is 356 g/mol. The molecule has 2 fully saturated rings. The van der Waals surface area contributed by atoms with Crippen LogP contribution in [0.3, 0.4) is 0 Å². The second kappa shape index (κ2) is 7.06. The van der Waals surface area contributed by atoms with E-state index in [9.17, 15) is 22.0 Å². The molecular weight excluding hydrogens is 327 g/mol. The third-order valence-corrected chi connectivity index (χ3v) is 5.67. The van der Waals surface area contributed by atoms with Crippen molar-refractivity contribution in [2.45, 2.75) is 77.2 Å². The highest BCUT2D eigenvalue weighted by Crippen LogP contribution is 2.45. The van der Waals surface area contributed by atoms with Crippen molar-refractivity contribution < 1.29 is 22.0 Å². The highest BCUT2D eigenvalue weighted by Gasteiger charge is 2.54. The zero-order chi connectivity index (χ0) is 18.3. The minimum absolute atomic E-state index is 0.000351. The lowest BCUT2D eigenvalue weighted by atomic mass is 9.75. The summed E-state index contributed by atoms with van der Waals surface area (Å²) in [6, 6.07) is -0.630. The molecule has 0 saturated carbocycles. The molecule has 0 aromatic rings. The van der Waals surface area contributed by atoms with Gasteiger partial charge in [0.05, 0.1) is 5.92 Å². The lowest BCUT2D eigenvalue weighted by Crippen LogP contribution is -2.60. The topological polar surface area (TPSA) is 6.48 Å². The number of hydrogen-bond donors (Lipinski definition) is 0. The number of halogens is 5. The molecular formula is C17H29F5N2. The molecule has 7 heteroatoms. The van der Waals surface area contributed by atoms with Crippen LogP contribution >= 0.6 is 0 Å². The lowest BCUT2D eigenvalue weighted by Gasteiger charge is -2.51. The van der Waals surface area contributed by atoms with Crippen LogP contribution < -0.4 is 0 Å². The molecule has 0 bridgehead atoms. The maximum Gasteiger partial charge on any atom is 0.392 e. The van der Waals surface area contributed by atoms with Gasteiger partial charge in [-0.25, -0.2) is 8.78 Å². The Bertz CT molecular complexity index is 422. The summed E-state index contributed by atoms with van der Waals surface area (Å²) in [6.45, 7) is 8.43. The Kier molecular flexibility index (Phi) is 5.85. The predicted octanol–water partition coefficient (Wildman–Crippen LogP) is 4.40. The first-order chi connectivity index (χ1) is 10.9. The van der Waals surface area contributed by atoms with Crippen LogP contribution in [0.2, 0.25) is 0 Å². The van der Waals surface area contributed by atoms with Crippen LogP contribution in [0.15, 0.2) is 0 Å². The van der Waals surface area contributed by atoms with Crippen LogP contribution in [0.25, 0.3) is 0 Å². The molecule has 3 atom stereocenters. The molecule has 2 saturated heterocycles. The Balaban J connectivity index is 2.31. The summed E-state index contributed by atoms with van der Waals surface area (Å²) in [6.07, 6.45) is -5.06. The largest absolute Gasteiger partial charge is 0.392 e. The van der Waals surface area contributed by atoms with Crippen molar-refractivity contribution in [3.8, 4) is 0 Å². The number of nitrogens with zero attached hydrogens (tertiary/aromatic N) is 2. The van der Waals surface area contributed by atoms with Crippen molar-refractivity contribution in [1.29, 1.82) is 0 Å². The molecule has 0 N–H and O–H groups in total. The van der Waals surface area contributed by atoms with E-state index >= 15 is 0 Å². The molecule has 2 rings (SSSR count). The molecule has 0 aliphatic carbocycles. The molecule has 0 spiro atoms. The Morgan fingerprint density at radius 2 is 1.62 bits per heavy atom. The van der Waals surface area contributed by atoms with Gasteiger partial charge >= 0.3 is 6.18 Å². The molecule has 2 heterocycles. The number of likely N-dealkylation sites (tertiary alicyclic amines) is 2. The summed E-state index contributed by atoms with van der Waals surface area (Å²) in [5, 5.41) is 0. The normalized spacial score (nSPS) is 33.4. The van der Waals surface area contributed by atoms with Crippen LogP contribution in [0.1, 0.15) is 47.0 Å². The molecule has 142 valence electrons. The first kappa shape index (κ1) is 19.9. The van der Waals surface area contributed by atoms with Crippen molar-refractivity contribution in [3.63, 3.8) is 0 Å². The summed E-state index contributed by atoms with van der Waals surface area (Å²) in [5.74, 6) is -5.16. The molecule has 0 amide bonds. The summed E-state index contributed by atoms with van der Waals surface area (Å²) < 4.78 is 68.7. The molecule has 3 unspecified atom stereocenters. The van der Waals surface area contributed by atoms with Crippen molar-refractivity contribution >= 4 is 0 Å². The van der Waals surface area contributed by atoms with Gasteiger partial charge in [0.1, 0.15) is 0 Å². The van der Waals surface area contributed by atoms with E-state index in [1.165, 1.54) is 0 Å². The summed E-state index contributed by atoms with van der Waals surface area (Å²) in [4.78, 5) is 3.86. The van der Waals surface area contributed by atoms with Gasteiger partial charge in [-0.1, -0.05) is 0 Å². The zero-order valence-electron chi connectivity index (χ0n) is 14.9. The maximum atomic E-state index is 14.0. The average molecular weight is 356 g/mol. The fourth-order valence-corrected chi connectivity index (χ4v) is 4.30. The van der Waals surface area contributed by atoms with Gasteiger partial charge in [0.15, 0.2) is 0 Å². The summed E-state index contributed by atoms with van der Waals surface area (Å²) in [7, 11) is 0. The van der Waals surface area contributed by atoms with Crippen LogP contribution in [-0.2, 0) is 0 Å². The van der Waals surface area contributed by atoms with E-state index in [1.54, 1.807) is 0 Å². The van der Waals surface area contributed by atoms with Crippen molar-refractivity contribution in [2.75, 3.05) is 19.6 Å². The van der Waals surface area contributed by atoms with E-state index in [1.807, 2.05) is 37.5 Å². The van der Waals surface area contributed by atoms with Crippen molar-refractivity contribution in [3.05, 3.63) is 0 Å². The molecule has 0 aromatic heterocycles. The smallest absolute Gasteiger partial charge is 0.301 e. The quantitative estimate of drug-likeness (QED) is 0.692. The van der Waals surface area contributed by atoms with Gasteiger partial charge in [0.2, 0.25) is 0 Å². The SMILES string of the molecule is CC(C)N1CCC(C(F)(F)F)C(C2CC(F)(F)CCN2C(C)C)C1. The fraction of sp³-hybridized carbons (Fsp3) is 1.00. The lowest BCUT2D eigenvalue weighted by molar-refractivity contribution is -0.217. The molecule has 2 aliphatic rings. The molecule has 0 aromatic carbocycles. The zero-order valence-corrected chi connectivity index (χ0v) is 14.9. The second-order valence-corrected chi connectivity index (χ2v) is 7.90. The third-order valence-electron chi connectivity index (χ3n) is 5.67. The Morgan fingerprint density at radius 1 is 1.00 bits per heavy atom. The minimum atomic E-state index is -4.33. The van der Waals surface area contributed by atoms with Gasteiger partial charge in [-0.05, 0) is 46.6 Å². The van der Waals surface area contributed by atoms with Gasteiger partial charge in [0, 0.05) is 44.1 Å². The highest BCUT2D eigenvalue weighted by atomic mass is 19.4. The first-order valence-corrected chi connectivity index (χ1v) is 8.86. The van der Waals surface area contributed by atoms with Gasteiger partial charge in [-0.15, -0.1) is 0 Å². The first-order valence-electron chi connectivity index (χ1n) is 8.86. The van der Waals surface area contributed by atoms with Crippen LogP contribution in [0, 0.1) is 11.8 Å². The van der Waals surface area contributed by atoms with Gasteiger partial charge in [-0.3, -0.25) is 4.90 Å². The van der Waals surface area contributed by atoms with Crippen molar-refractivity contribution in [1.82, 2.24) is 9.80 Å². The van der Waals surface area contributed by atoms with Crippen LogP contribution in [0.5, 0.6) is 0 Å². The molecule has 24 heavy (non-hydrogen) atoms. The van der Waals surface area contributed by atoms with Crippen molar-refractivity contribution in [2.24, 2.45) is 11.8 Å². The van der Waals surface area contributed by atoms with E-state index in [0.717, 1.165) is 0 Å². The minimum Gasteiger partial charge on any atom is -0.301 e. The number of alkyl halides is 5.